The summed E-state index contributed by atoms with van der Waals surface area (Å²) in [6.45, 7) is 0. The van der Waals surface area contributed by atoms with Crippen LogP contribution >= 0.6 is 0 Å². The van der Waals surface area contributed by atoms with Gasteiger partial charge in [0.05, 0.1) is 0 Å². The van der Waals surface area contributed by atoms with Crippen LogP contribution in [0, 0.1) is 29.1 Å². The molecule has 4 aliphatic rings. The highest BCUT2D eigenvalue weighted by Gasteiger charge is 2.42. The average molecular weight is 274 g/mol. The summed E-state index contributed by atoms with van der Waals surface area (Å²) in [6, 6.07) is 0. The summed E-state index contributed by atoms with van der Waals surface area (Å²) in [7, 11) is 0. The molecule has 0 N–H and O–H groups in total. The van der Waals surface area contributed by atoms with Crippen molar-refractivity contribution < 1.29 is 0 Å². The highest BCUT2D eigenvalue weighted by molar-refractivity contribution is 4.94. The molecule has 20 heavy (non-hydrogen) atoms. The Balaban J connectivity index is 1.67. The van der Waals surface area contributed by atoms with E-state index in [9.17, 15) is 0 Å². The van der Waals surface area contributed by atoms with Gasteiger partial charge in [-0.15, -0.1) is 0 Å². The molecule has 0 aromatic heterocycles. The van der Waals surface area contributed by atoms with Crippen molar-refractivity contribution in [2.24, 2.45) is 29.1 Å². The van der Waals surface area contributed by atoms with Crippen molar-refractivity contribution in [1.82, 2.24) is 0 Å². The maximum atomic E-state index is 1.63. The fourth-order valence-corrected chi connectivity index (χ4v) is 6.73. The van der Waals surface area contributed by atoms with Crippen LogP contribution in [-0.2, 0) is 0 Å². The zero-order chi connectivity index (χ0) is 13.4. The first kappa shape index (κ1) is 13.6. The van der Waals surface area contributed by atoms with E-state index in [1.165, 1.54) is 0 Å². The fraction of sp³-hybridized carbons (Fsp3) is 1.00. The second-order valence-corrected chi connectivity index (χ2v) is 9.14. The predicted octanol–water partition coefficient (Wildman–Crippen LogP) is 6.34. The Hall–Kier alpha value is 0. The average Bonchev–Trinajstić information content (AvgIpc) is 2.69. The van der Waals surface area contributed by atoms with Crippen molar-refractivity contribution >= 4 is 0 Å². The first-order valence-corrected chi connectivity index (χ1v) is 9.81. The fourth-order valence-electron chi connectivity index (χ4n) is 6.73. The molecule has 4 saturated carbocycles. The predicted molar refractivity (Wildman–Crippen MR) is 85.6 cm³/mol. The Bertz CT molecular complexity index is 299. The van der Waals surface area contributed by atoms with E-state index in [-0.39, 0.29) is 0 Å². The Kier molecular flexibility index (Phi) is 3.86. The molecular formula is C20H34. The van der Waals surface area contributed by atoms with Crippen LogP contribution in [0.15, 0.2) is 0 Å². The van der Waals surface area contributed by atoms with Crippen molar-refractivity contribution in [2.45, 2.75) is 96.3 Å². The summed E-state index contributed by atoms with van der Waals surface area (Å²) in [4.78, 5) is 0. The van der Waals surface area contributed by atoms with E-state index in [4.69, 9.17) is 0 Å². The topological polar surface area (TPSA) is 0 Å². The monoisotopic (exact) mass is 274 g/mol. The van der Waals surface area contributed by atoms with Gasteiger partial charge in [0.2, 0.25) is 0 Å². The van der Waals surface area contributed by atoms with Crippen molar-refractivity contribution in [3.63, 3.8) is 0 Å². The second-order valence-electron chi connectivity index (χ2n) is 9.14. The minimum atomic E-state index is 0.809. The third-order valence-electron chi connectivity index (χ3n) is 7.64. The zero-order valence-corrected chi connectivity index (χ0v) is 13.4. The Morgan fingerprint density at radius 2 is 1.00 bits per heavy atom. The number of hydrogen-bond donors (Lipinski definition) is 0. The van der Waals surface area contributed by atoms with Gasteiger partial charge in [-0.2, -0.15) is 0 Å². The van der Waals surface area contributed by atoms with Crippen molar-refractivity contribution in [3.8, 4) is 0 Å². The SMILES string of the molecule is C1CC[C@@H]2CCC34CCC(C1)C[C@@H](CCC[C@@H](C2)C3)C4. The van der Waals surface area contributed by atoms with Gasteiger partial charge in [0.15, 0.2) is 0 Å². The number of hydrogen-bond acceptors (Lipinski definition) is 0. The quantitative estimate of drug-likeness (QED) is 0.483. The van der Waals surface area contributed by atoms with Gasteiger partial charge in [-0.25, -0.2) is 0 Å². The molecule has 0 radical (unpaired) electrons. The van der Waals surface area contributed by atoms with E-state index >= 15 is 0 Å². The Morgan fingerprint density at radius 3 is 1.55 bits per heavy atom. The van der Waals surface area contributed by atoms with E-state index < -0.39 is 0 Å². The lowest BCUT2D eigenvalue weighted by Crippen LogP contribution is -2.26. The molecule has 4 aliphatic carbocycles. The third-order valence-corrected chi connectivity index (χ3v) is 7.64. The molecule has 114 valence electrons. The summed E-state index contributed by atoms with van der Waals surface area (Å²) in [5.74, 6) is 4.43. The molecule has 0 amide bonds. The van der Waals surface area contributed by atoms with Crippen LogP contribution in [0.5, 0.6) is 0 Å². The van der Waals surface area contributed by atoms with Crippen LogP contribution in [-0.4, -0.2) is 0 Å². The van der Waals surface area contributed by atoms with E-state index in [1.807, 2.05) is 0 Å². The maximum absolute atomic E-state index is 1.63. The molecule has 5 bridgehead atoms. The molecule has 0 aromatic carbocycles. The molecule has 4 fully saturated rings. The number of fused-ring (bicyclic) bond motifs is 6. The van der Waals surface area contributed by atoms with Crippen molar-refractivity contribution in [2.75, 3.05) is 0 Å². The summed E-state index contributed by atoms with van der Waals surface area (Å²) in [5, 5.41) is 0. The van der Waals surface area contributed by atoms with E-state index in [0.717, 1.165) is 29.1 Å². The standard InChI is InChI=1S/C20H34/c1-2-5-17-9-11-20-10-8-16(4-1)12-18(14-20)6-3-7-19(13-17)15-20/h16-19H,1-15H2/t16-,17?,18+,19-,20?/m1/s1. The first-order chi connectivity index (χ1) is 9.81. The highest BCUT2D eigenvalue weighted by atomic mass is 14.5. The minimum Gasteiger partial charge on any atom is -0.0530 e. The van der Waals surface area contributed by atoms with Gasteiger partial charge in [0, 0.05) is 0 Å². The molecule has 5 atom stereocenters. The van der Waals surface area contributed by atoms with Crippen LogP contribution in [0.3, 0.4) is 0 Å². The minimum absolute atomic E-state index is 0.809. The van der Waals surface area contributed by atoms with Crippen LogP contribution in [0.4, 0.5) is 0 Å². The van der Waals surface area contributed by atoms with Gasteiger partial charge < -0.3 is 0 Å². The molecule has 0 aliphatic heterocycles. The molecule has 0 nitrogen and oxygen atoms in total. The lowest BCUT2D eigenvalue weighted by Gasteiger charge is -2.38. The maximum Gasteiger partial charge on any atom is -0.0292 e. The molecule has 2 unspecified atom stereocenters. The largest absolute Gasteiger partial charge is 0.0530 e. The molecule has 4 rings (SSSR count). The zero-order valence-electron chi connectivity index (χ0n) is 13.4. The van der Waals surface area contributed by atoms with Crippen LogP contribution in [0.1, 0.15) is 96.3 Å². The first-order valence-electron chi connectivity index (χ1n) is 9.81. The molecule has 0 aromatic rings. The third kappa shape index (κ3) is 2.81. The summed E-state index contributed by atoms with van der Waals surface area (Å²) < 4.78 is 0. The number of rotatable bonds is 0. The molecule has 0 heteroatoms. The van der Waals surface area contributed by atoms with Crippen molar-refractivity contribution in [1.29, 1.82) is 0 Å². The molecule has 1 spiro atoms. The Labute approximate surface area is 126 Å². The van der Waals surface area contributed by atoms with Gasteiger partial charge in [0.1, 0.15) is 0 Å². The van der Waals surface area contributed by atoms with E-state index in [2.05, 4.69) is 0 Å². The normalized spacial score (nSPS) is 49.2. The van der Waals surface area contributed by atoms with E-state index in [0.29, 0.717) is 0 Å². The highest BCUT2D eigenvalue weighted by Crippen LogP contribution is 2.55. The lowest BCUT2D eigenvalue weighted by molar-refractivity contribution is 0.130. The molecule has 0 heterocycles. The van der Waals surface area contributed by atoms with Crippen molar-refractivity contribution in [3.05, 3.63) is 0 Å². The summed E-state index contributed by atoms with van der Waals surface area (Å²) in [5.41, 5.74) is 0.809. The van der Waals surface area contributed by atoms with Gasteiger partial charge in [-0.1, -0.05) is 44.9 Å². The van der Waals surface area contributed by atoms with Crippen LogP contribution in [0.25, 0.3) is 0 Å². The van der Waals surface area contributed by atoms with E-state index in [1.54, 1.807) is 96.3 Å². The van der Waals surface area contributed by atoms with Gasteiger partial charge in [-0.3, -0.25) is 0 Å². The summed E-state index contributed by atoms with van der Waals surface area (Å²) >= 11 is 0. The van der Waals surface area contributed by atoms with Gasteiger partial charge in [0.25, 0.3) is 0 Å². The Morgan fingerprint density at radius 1 is 0.500 bits per heavy atom. The van der Waals surface area contributed by atoms with Crippen LogP contribution in [0.2, 0.25) is 0 Å². The van der Waals surface area contributed by atoms with Gasteiger partial charge in [-0.05, 0) is 80.5 Å². The second kappa shape index (κ2) is 5.65. The van der Waals surface area contributed by atoms with Crippen LogP contribution < -0.4 is 0 Å². The molecule has 0 saturated heterocycles. The molecular weight excluding hydrogens is 240 g/mol. The summed E-state index contributed by atoms with van der Waals surface area (Å²) in [6.07, 6.45) is 23.8. The lowest BCUT2D eigenvalue weighted by atomic mass is 9.67. The smallest absolute Gasteiger partial charge is 0.0292 e. The van der Waals surface area contributed by atoms with Gasteiger partial charge >= 0.3 is 0 Å².